The lowest BCUT2D eigenvalue weighted by atomic mass is 9.96. The van der Waals surface area contributed by atoms with E-state index in [0.717, 1.165) is 0 Å². The number of ether oxygens (including phenoxy) is 1. The minimum Gasteiger partial charge on any atom is -0.496 e. The summed E-state index contributed by atoms with van der Waals surface area (Å²) in [5.74, 6) is -2.66. The number of aromatic nitrogens is 2. The normalized spacial score (nSPS) is 15.8. The van der Waals surface area contributed by atoms with Crippen molar-refractivity contribution in [1.29, 1.82) is 0 Å². The van der Waals surface area contributed by atoms with Gasteiger partial charge in [0, 0.05) is 12.4 Å². The number of alkyl halides is 10. The molecule has 1 aromatic rings. The number of hydrogen-bond acceptors (Lipinski definition) is 4. The lowest BCUT2D eigenvalue weighted by Gasteiger charge is -2.32. The van der Waals surface area contributed by atoms with E-state index in [-0.39, 0.29) is 6.08 Å². The van der Waals surface area contributed by atoms with Crippen LogP contribution in [0, 0.1) is 0 Å². The van der Waals surface area contributed by atoms with Crippen molar-refractivity contribution in [2.24, 2.45) is 0 Å². The molecule has 0 spiro atoms. The summed E-state index contributed by atoms with van der Waals surface area (Å²) < 4.78 is 130. The molecule has 0 saturated carbocycles. The number of aliphatic hydroxyl groups is 1. The average Bonchev–Trinajstić information content (AvgIpc) is 2.48. The van der Waals surface area contributed by atoms with Crippen LogP contribution in [-0.4, -0.2) is 46.3 Å². The van der Waals surface area contributed by atoms with Gasteiger partial charge in [0.05, 0.1) is 12.7 Å². The molecule has 0 radical (unpaired) electrons. The third kappa shape index (κ3) is 4.16. The van der Waals surface area contributed by atoms with Crippen LogP contribution in [0.5, 0.6) is 0 Å². The highest BCUT2D eigenvalue weighted by Gasteiger charge is 2.75. The first kappa shape index (κ1) is 21.9. The summed E-state index contributed by atoms with van der Waals surface area (Å²) in [6.07, 6.45) is -21.5. The Balaban J connectivity index is 3.33. The fraction of sp³-hybridized carbons (Fsp3) is 0.500. The van der Waals surface area contributed by atoms with Gasteiger partial charge in [-0.3, -0.25) is 0 Å². The molecular weight excluding hydrogens is 394 g/mol. The summed E-state index contributed by atoms with van der Waals surface area (Å²) in [6.45, 7) is 0. The molecule has 0 bridgehead atoms. The minimum atomic E-state index is -6.54. The van der Waals surface area contributed by atoms with Crippen molar-refractivity contribution in [2.45, 2.75) is 30.3 Å². The molecule has 0 fully saturated rings. The van der Waals surface area contributed by atoms with Gasteiger partial charge in [-0.2, -0.15) is 39.5 Å². The Morgan fingerprint density at radius 2 is 1.38 bits per heavy atom. The zero-order chi connectivity index (χ0) is 20.6. The van der Waals surface area contributed by atoms with Crippen molar-refractivity contribution in [3.05, 3.63) is 29.9 Å². The topological polar surface area (TPSA) is 55.2 Å². The lowest BCUT2D eigenvalue weighted by Crippen LogP contribution is -2.60. The van der Waals surface area contributed by atoms with E-state index in [1.807, 2.05) is 0 Å². The van der Waals surface area contributed by atoms with E-state index in [2.05, 4.69) is 14.7 Å². The molecule has 0 amide bonds. The molecule has 0 aliphatic heterocycles. The minimum absolute atomic E-state index is 0.299. The average molecular weight is 402 g/mol. The van der Waals surface area contributed by atoms with E-state index >= 15 is 0 Å². The Bertz CT molecular complexity index is 634. The third-order valence-corrected chi connectivity index (χ3v) is 2.95. The third-order valence-electron chi connectivity index (χ3n) is 2.95. The van der Waals surface area contributed by atoms with Gasteiger partial charge in [0.1, 0.15) is 11.9 Å². The van der Waals surface area contributed by atoms with Crippen LogP contribution in [0.4, 0.5) is 43.9 Å². The molecule has 1 atom stereocenters. The van der Waals surface area contributed by atoms with Gasteiger partial charge < -0.3 is 9.84 Å². The second-order valence-corrected chi connectivity index (χ2v) is 4.68. The molecule has 1 unspecified atom stereocenters. The molecule has 0 aromatic carbocycles. The second kappa shape index (κ2) is 6.89. The van der Waals surface area contributed by atoms with Crippen LogP contribution >= 0.6 is 0 Å². The number of rotatable bonds is 4. The summed E-state index contributed by atoms with van der Waals surface area (Å²) in [4.78, 5) is 5.62. The van der Waals surface area contributed by atoms with E-state index < -0.39 is 47.4 Å². The number of hydrogen-bond donors (Lipinski definition) is 1. The van der Waals surface area contributed by atoms with Crippen molar-refractivity contribution >= 4 is 5.76 Å². The van der Waals surface area contributed by atoms with Crippen molar-refractivity contribution in [3.63, 3.8) is 0 Å². The van der Waals surface area contributed by atoms with Crippen LogP contribution in [0.2, 0.25) is 0 Å². The van der Waals surface area contributed by atoms with E-state index in [0.29, 0.717) is 19.5 Å². The first-order chi connectivity index (χ1) is 11.6. The van der Waals surface area contributed by atoms with Crippen LogP contribution < -0.4 is 0 Å². The molecular formula is C12H8F10N2O2. The molecule has 1 N–H and O–H groups in total. The lowest BCUT2D eigenvalue weighted by molar-refractivity contribution is -0.359. The summed E-state index contributed by atoms with van der Waals surface area (Å²) in [6, 6.07) is 0. The van der Waals surface area contributed by atoms with Gasteiger partial charge in [-0.15, -0.1) is 0 Å². The number of methoxy groups -OCH3 is 1. The Hall–Kier alpha value is -2.12. The number of halogens is 10. The van der Waals surface area contributed by atoms with E-state index in [9.17, 15) is 49.0 Å². The maximum Gasteiger partial charge on any atom is 0.451 e. The zero-order valence-corrected chi connectivity index (χ0v) is 12.3. The van der Waals surface area contributed by atoms with Crippen LogP contribution in [-0.2, 0) is 10.9 Å². The summed E-state index contributed by atoms with van der Waals surface area (Å²) in [5.41, 5.74) is -6.68. The van der Waals surface area contributed by atoms with E-state index in [4.69, 9.17) is 0 Å². The number of nitrogens with zero attached hydrogens (tertiary/aromatic N) is 2. The van der Waals surface area contributed by atoms with Gasteiger partial charge in [-0.25, -0.2) is 14.4 Å². The highest BCUT2D eigenvalue weighted by atomic mass is 19.4. The largest absolute Gasteiger partial charge is 0.496 e. The molecule has 1 rings (SSSR count). The highest BCUT2D eigenvalue weighted by molar-refractivity contribution is 5.59. The quantitative estimate of drug-likeness (QED) is 0.617. The smallest absolute Gasteiger partial charge is 0.451 e. The molecule has 1 aromatic heterocycles. The molecule has 14 heteroatoms. The fourth-order valence-electron chi connectivity index (χ4n) is 1.64. The van der Waals surface area contributed by atoms with Crippen LogP contribution in [0.1, 0.15) is 11.4 Å². The second-order valence-electron chi connectivity index (χ2n) is 4.68. The van der Waals surface area contributed by atoms with Crippen molar-refractivity contribution in [1.82, 2.24) is 9.97 Å². The molecule has 4 nitrogen and oxygen atoms in total. The molecule has 0 aliphatic carbocycles. The summed E-state index contributed by atoms with van der Waals surface area (Å²) in [7, 11) is 0.706. The zero-order valence-electron chi connectivity index (χ0n) is 12.3. The molecule has 1 heterocycles. The van der Waals surface area contributed by atoms with Crippen molar-refractivity contribution in [2.75, 3.05) is 7.11 Å². The van der Waals surface area contributed by atoms with Crippen molar-refractivity contribution in [3.8, 4) is 0 Å². The number of aliphatic hydroxyl groups excluding tert-OH is 1. The van der Waals surface area contributed by atoms with Gasteiger partial charge in [0.15, 0.2) is 0 Å². The summed E-state index contributed by atoms with van der Waals surface area (Å²) >= 11 is 0. The molecule has 0 saturated heterocycles. The Morgan fingerprint density at radius 3 is 1.69 bits per heavy atom. The Labute approximate surface area is 138 Å². The molecule has 26 heavy (non-hydrogen) atoms. The Kier molecular flexibility index (Phi) is 5.81. The first-order valence-electron chi connectivity index (χ1n) is 6.21. The predicted molar refractivity (Wildman–Crippen MR) is 64.0 cm³/mol. The maximum atomic E-state index is 13.7. The van der Waals surface area contributed by atoms with Crippen LogP contribution in [0.15, 0.2) is 18.5 Å². The highest BCUT2D eigenvalue weighted by Crippen LogP contribution is 2.49. The van der Waals surface area contributed by atoms with Crippen molar-refractivity contribution < 1.29 is 53.7 Å². The van der Waals surface area contributed by atoms with Gasteiger partial charge in [-0.1, -0.05) is 0 Å². The fourth-order valence-corrected chi connectivity index (χ4v) is 1.64. The monoisotopic (exact) mass is 402 g/mol. The van der Waals surface area contributed by atoms with Gasteiger partial charge in [0.2, 0.25) is 5.82 Å². The Morgan fingerprint density at radius 1 is 0.962 bits per heavy atom. The standard InChI is InChI=1S/C12H8F10N2O2/c1-26-6(5-3-23-8(24-4-5)10(14,15)16)2-7(25)9(13,11(17,18)19)12(20,21)22/h2-4,7,25H,1H3/b6-2-. The molecule has 148 valence electrons. The summed E-state index contributed by atoms with van der Waals surface area (Å²) in [5, 5.41) is 9.19. The predicted octanol–water partition coefficient (Wildman–Crippen LogP) is 3.68. The first-order valence-corrected chi connectivity index (χ1v) is 6.21. The molecule has 0 aliphatic rings. The van der Waals surface area contributed by atoms with Crippen LogP contribution in [0.3, 0.4) is 0 Å². The van der Waals surface area contributed by atoms with E-state index in [1.54, 1.807) is 0 Å². The van der Waals surface area contributed by atoms with Gasteiger partial charge in [-0.05, 0) is 6.08 Å². The van der Waals surface area contributed by atoms with Gasteiger partial charge in [0.25, 0.3) is 0 Å². The van der Waals surface area contributed by atoms with E-state index in [1.165, 1.54) is 0 Å². The van der Waals surface area contributed by atoms with Crippen LogP contribution in [0.25, 0.3) is 5.76 Å². The maximum absolute atomic E-state index is 13.7. The van der Waals surface area contributed by atoms with Gasteiger partial charge >= 0.3 is 24.2 Å². The SMILES string of the molecule is CO/C(=C\C(O)C(F)(C(F)(F)F)C(F)(F)F)c1cnc(C(F)(F)F)nc1.